The van der Waals surface area contributed by atoms with Crippen molar-refractivity contribution in [3.05, 3.63) is 94.5 Å². The van der Waals surface area contributed by atoms with Crippen LogP contribution in [0.15, 0.2) is 72.8 Å². The molecule has 0 amide bonds. The number of anilines is 2. The first-order valence-electron chi connectivity index (χ1n) is 9.02. The Labute approximate surface area is 169 Å². The summed E-state index contributed by atoms with van der Waals surface area (Å²) in [6.45, 7) is 0.561. The lowest BCUT2D eigenvalue weighted by Crippen LogP contribution is -2.06. The predicted molar refractivity (Wildman–Crippen MR) is 114 cm³/mol. The predicted octanol–water partition coefficient (Wildman–Crippen LogP) is 4.74. The first kappa shape index (κ1) is 19.6. The number of halogens is 1. The number of carbonyl (C=O) groups excluding carboxylic acids is 2. The van der Waals surface area contributed by atoms with Crippen molar-refractivity contribution in [3.8, 4) is 0 Å². The van der Waals surface area contributed by atoms with Crippen LogP contribution in [-0.2, 0) is 9.59 Å². The van der Waals surface area contributed by atoms with E-state index in [4.69, 9.17) is 11.6 Å². The fourth-order valence-electron chi connectivity index (χ4n) is 3.17. The van der Waals surface area contributed by atoms with E-state index in [0.29, 0.717) is 5.02 Å². The van der Waals surface area contributed by atoms with Crippen molar-refractivity contribution < 1.29 is 9.59 Å². The van der Waals surface area contributed by atoms with Crippen LogP contribution in [0.25, 0.3) is 0 Å². The van der Waals surface area contributed by atoms with Crippen LogP contribution in [0.2, 0.25) is 5.02 Å². The molecule has 28 heavy (non-hydrogen) atoms. The molecule has 0 heterocycles. The number of rotatable bonds is 9. The highest BCUT2D eigenvalue weighted by Gasteiger charge is 2.19. The van der Waals surface area contributed by atoms with E-state index in [0.717, 1.165) is 40.6 Å². The number of carbonyl (C=O) groups is 2. The summed E-state index contributed by atoms with van der Waals surface area (Å²) in [7, 11) is 0. The van der Waals surface area contributed by atoms with E-state index in [-0.39, 0.29) is 19.0 Å². The molecule has 0 spiro atoms. The van der Waals surface area contributed by atoms with Gasteiger partial charge < -0.3 is 20.2 Å². The maximum atomic E-state index is 10.6. The summed E-state index contributed by atoms with van der Waals surface area (Å²) in [5.41, 5.74) is 4.99. The Morgan fingerprint density at radius 2 is 1.18 bits per heavy atom. The van der Waals surface area contributed by atoms with E-state index in [9.17, 15) is 9.59 Å². The molecule has 0 saturated carbocycles. The van der Waals surface area contributed by atoms with E-state index in [1.807, 2.05) is 72.8 Å². The molecule has 0 bridgehead atoms. The normalized spacial score (nSPS) is 10.5. The van der Waals surface area contributed by atoms with Gasteiger partial charge in [-0.3, -0.25) is 0 Å². The van der Waals surface area contributed by atoms with Crippen LogP contribution in [0, 0.1) is 0 Å². The van der Waals surface area contributed by atoms with E-state index < -0.39 is 0 Å². The largest absolute Gasteiger partial charge is 0.378 e. The summed E-state index contributed by atoms with van der Waals surface area (Å²) in [6.07, 6.45) is 1.67. The second kappa shape index (κ2) is 9.72. The average molecular weight is 393 g/mol. The maximum absolute atomic E-state index is 10.6. The average Bonchev–Trinajstić information content (AvgIpc) is 2.74. The zero-order valence-corrected chi connectivity index (χ0v) is 16.0. The second-order valence-electron chi connectivity index (χ2n) is 6.29. The topological polar surface area (TPSA) is 58.2 Å². The molecule has 0 radical (unpaired) electrons. The van der Waals surface area contributed by atoms with Crippen molar-refractivity contribution in [3.63, 3.8) is 0 Å². The molecule has 0 unspecified atom stereocenters. The molecule has 3 aromatic carbocycles. The molecule has 2 N–H and O–H groups in total. The molecule has 0 atom stereocenters. The smallest absolute Gasteiger partial charge is 0.139 e. The lowest BCUT2D eigenvalue weighted by atomic mass is 9.85. The van der Waals surface area contributed by atoms with Crippen molar-refractivity contribution in [2.75, 3.05) is 23.7 Å². The van der Waals surface area contributed by atoms with Gasteiger partial charge in [0.15, 0.2) is 0 Å². The van der Waals surface area contributed by atoms with Gasteiger partial charge in [0.2, 0.25) is 0 Å². The Bertz CT molecular complexity index is 869. The van der Waals surface area contributed by atoms with Crippen molar-refractivity contribution in [2.45, 2.75) is 5.92 Å². The number of benzene rings is 3. The van der Waals surface area contributed by atoms with Crippen LogP contribution in [0.5, 0.6) is 0 Å². The van der Waals surface area contributed by atoms with Crippen molar-refractivity contribution >= 4 is 35.5 Å². The quantitative estimate of drug-likeness (QED) is 0.408. The summed E-state index contributed by atoms with van der Waals surface area (Å²) < 4.78 is 0. The van der Waals surface area contributed by atoms with E-state index in [1.54, 1.807) is 0 Å². The highest BCUT2D eigenvalue weighted by Crippen LogP contribution is 2.36. The molecule has 0 saturated heterocycles. The van der Waals surface area contributed by atoms with E-state index >= 15 is 0 Å². The molecule has 3 aromatic rings. The monoisotopic (exact) mass is 392 g/mol. The minimum absolute atomic E-state index is 0.0334. The third kappa shape index (κ3) is 4.78. The number of nitrogens with one attached hydrogen (secondary N) is 2. The van der Waals surface area contributed by atoms with Crippen LogP contribution >= 0.6 is 11.6 Å². The van der Waals surface area contributed by atoms with Crippen LogP contribution in [0.3, 0.4) is 0 Å². The summed E-state index contributed by atoms with van der Waals surface area (Å²) in [5, 5.41) is 6.80. The van der Waals surface area contributed by atoms with Crippen molar-refractivity contribution in [1.82, 2.24) is 0 Å². The van der Waals surface area contributed by atoms with Gasteiger partial charge in [0.05, 0.1) is 13.1 Å². The molecule has 3 rings (SSSR count). The van der Waals surface area contributed by atoms with Gasteiger partial charge in [-0.25, -0.2) is 0 Å². The minimum Gasteiger partial charge on any atom is -0.378 e. The fraction of sp³-hybridized carbons (Fsp3) is 0.130. The van der Waals surface area contributed by atoms with Crippen LogP contribution in [-0.4, -0.2) is 25.7 Å². The lowest BCUT2D eigenvalue weighted by Gasteiger charge is -2.21. The first-order chi connectivity index (χ1) is 13.7. The zero-order valence-electron chi connectivity index (χ0n) is 15.3. The minimum atomic E-state index is -0.0334. The van der Waals surface area contributed by atoms with E-state index in [1.165, 1.54) is 0 Å². The van der Waals surface area contributed by atoms with Gasteiger partial charge in [0, 0.05) is 22.3 Å². The molecule has 5 heteroatoms. The SMILES string of the molecule is O=CCNc1ccc(C(c2ccc(NCC=O)cc2)c2ccccc2Cl)cc1. The fourth-order valence-corrected chi connectivity index (χ4v) is 3.41. The lowest BCUT2D eigenvalue weighted by molar-refractivity contribution is -0.107. The van der Waals surface area contributed by atoms with Crippen LogP contribution in [0.4, 0.5) is 11.4 Å². The Balaban J connectivity index is 1.97. The van der Waals surface area contributed by atoms with Gasteiger partial charge in [0.1, 0.15) is 12.6 Å². The highest BCUT2D eigenvalue weighted by atomic mass is 35.5. The van der Waals surface area contributed by atoms with Gasteiger partial charge in [0.25, 0.3) is 0 Å². The van der Waals surface area contributed by atoms with Crippen molar-refractivity contribution in [2.24, 2.45) is 0 Å². The maximum Gasteiger partial charge on any atom is 0.139 e. The number of hydrogen-bond donors (Lipinski definition) is 2. The second-order valence-corrected chi connectivity index (χ2v) is 6.70. The molecule has 0 fully saturated rings. The first-order valence-corrected chi connectivity index (χ1v) is 9.40. The molecular formula is C23H21ClN2O2. The summed E-state index contributed by atoms with van der Waals surface area (Å²) in [6, 6.07) is 23.8. The molecule has 142 valence electrons. The summed E-state index contributed by atoms with van der Waals surface area (Å²) in [4.78, 5) is 21.1. The molecule has 0 aromatic heterocycles. The van der Waals surface area contributed by atoms with Gasteiger partial charge in [-0.05, 0) is 47.0 Å². The molecule has 0 aliphatic rings. The number of aldehydes is 2. The van der Waals surface area contributed by atoms with Crippen LogP contribution in [0.1, 0.15) is 22.6 Å². The van der Waals surface area contributed by atoms with Crippen LogP contribution < -0.4 is 10.6 Å². The molecule has 0 aliphatic heterocycles. The zero-order chi connectivity index (χ0) is 19.8. The number of hydrogen-bond acceptors (Lipinski definition) is 4. The van der Waals surface area contributed by atoms with Gasteiger partial charge >= 0.3 is 0 Å². The Hall–Kier alpha value is -3.11. The highest BCUT2D eigenvalue weighted by molar-refractivity contribution is 6.31. The molecular weight excluding hydrogens is 372 g/mol. The third-order valence-electron chi connectivity index (χ3n) is 4.48. The summed E-state index contributed by atoms with van der Waals surface area (Å²) >= 11 is 6.52. The van der Waals surface area contributed by atoms with Gasteiger partial charge in [-0.15, -0.1) is 0 Å². The van der Waals surface area contributed by atoms with Crippen molar-refractivity contribution in [1.29, 1.82) is 0 Å². The third-order valence-corrected chi connectivity index (χ3v) is 4.83. The molecule has 4 nitrogen and oxygen atoms in total. The Morgan fingerprint density at radius 1 is 0.714 bits per heavy atom. The Kier molecular flexibility index (Phi) is 6.82. The van der Waals surface area contributed by atoms with Gasteiger partial charge in [-0.2, -0.15) is 0 Å². The van der Waals surface area contributed by atoms with E-state index in [2.05, 4.69) is 10.6 Å². The summed E-state index contributed by atoms with van der Waals surface area (Å²) in [5.74, 6) is -0.0334. The molecule has 0 aliphatic carbocycles. The van der Waals surface area contributed by atoms with Gasteiger partial charge in [-0.1, -0.05) is 54.1 Å². The standard InChI is InChI=1S/C23H21ClN2O2/c24-22-4-2-1-3-21(22)23(17-5-9-19(10-6-17)25-13-15-27)18-7-11-20(12-8-18)26-14-16-28/h1-12,15-16,23,25-26H,13-14H2. The Morgan fingerprint density at radius 3 is 1.61 bits per heavy atom.